The van der Waals surface area contributed by atoms with Crippen LogP contribution < -0.4 is 10.6 Å². The maximum absolute atomic E-state index is 14.6. The Morgan fingerprint density at radius 3 is 2.66 bits per heavy atom. The van der Waals surface area contributed by atoms with Gasteiger partial charge in [0.25, 0.3) is 0 Å². The molecule has 0 spiro atoms. The standard InChI is InChI=1S/C26H20BrFN4O2S/c27-16-9-10-18(19(28)14-16)21-11-12-22(34-21)25-24(20-8-4-5-13-29-20)31-26(35)32(25)15-23(33)30-17-6-2-1-3-7-17/h1-14,24-25H,15H2,(H,30,33)(H,31,35)/t24-,25+/m1/s1. The van der Waals surface area contributed by atoms with Gasteiger partial charge in [0.15, 0.2) is 5.11 Å². The van der Waals surface area contributed by atoms with E-state index in [0.717, 1.165) is 5.69 Å². The molecule has 5 rings (SSSR count). The van der Waals surface area contributed by atoms with Crippen LogP contribution in [0, 0.1) is 5.82 Å². The van der Waals surface area contributed by atoms with Gasteiger partial charge >= 0.3 is 0 Å². The van der Waals surface area contributed by atoms with E-state index in [-0.39, 0.29) is 18.5 Å². The van der Waals surface area contributed by atoms with E-state index in [1.165, 1.54) is 6.07 Å². The number of pyridine rings is 1. The molecule has 3 heterocycles. The molecule has 6 nitrogen and oxygen atoms in total. The van der Waals surface area contributed by atoms with Crippen LogP contribution in [0.4, 0.5) is 10.1 Å². The number of benzene rings is 2. The van der Waals surface area contributed by atoms with Crippen molar-refractivity contribution >= 4 is 44.9 Å². The van der Waals surface area contributed by atoms with Crippen LogP contribution in [0.15, 0.2) is 93.9 Å². The molecule has 35 heavy (non-hydrogen) atoms. The van der Waals surface area contributed by atoms with Gasteiger partial charge in [-0.1, -0.05) is 40.2 Å². The zero-order valence-corrected chi connectivity index (χ0v) is 20.7. The van der Waals surface area contributed by atoms with Gasteiger partial charge in [-0.2, -0.15) is 0 Å². The molecule has 1 amide bonds. The average molecular weight is 551 g/mol. The van der Waals surface area contributed by atoms with Crippen molar-refractivity contribution in [1.82, 2.24) is 15.2 Å². The van der Waals surface area contributed by atoms with Crippen molar-refractivity contribution in [3.8, 4) is 11.3 Å². The maximum atomic E-state index is 14.6. The molecule has 1 aliphatic heterocycles. The van der Waals surface area contributed by atoms with Gasteiger partial charge < -0.3 is 20.0 Å². The predicted molar refractivity (Wildman–Crippen MR) is 139 cm³/mol. The number of anilines is 1. The van der Waals surface area contributed by atoms with Crippen molar-refractivity contribution in [2.45, 2.75) is 12.1 Å². The zero-order valence-electron chi connectivity index (χ0n) is 18.3. The van der Waals surface area contributed by atoms with E-state index in [1.807, 2.05) is 48.5 Å². The zero-order chi connectivity index (χ0) is 24.4. The number of nitrogens with zero attached hydrogens (tertiary/aromatic N) is 2. The third kappa shape index (κ3) is 4.96. The number of thiocarbonyl (C=S) groups is 1. The molecule has 0 saturated carbocycles. The van der Waals surface area contributed by atoms with Crippen molar-refractivity contribution in [2.75, 3.05) is 11.9 Å². The Hall–Kier alpha value is -3.56. The molecule has 2 aromatic carbocycles. The van der Waals surface area contributed by atoms with Crippen LogP contribution in [-0.4, -0.2) is 27.4 Å². The number of hydrogen-bond donors (Lipinski definition) is 2. The Morgan fingerprint density at radius 1 is 1.11 bits per heavy atom. The van der Waals surface area contributed by atoms with E-state index in [2.05, 4.69) is 31.5 Å². The van der Waals surface area contributed by atoms with Gasteiger partial charge in [0.05, 0.1) is 17.3 Å². The lowest BCUT2D eigenvalue weighted by Gasteiger charge is -2.25. The average Bonchev–Trinajstić information content (AvgIpc) is 3.45. The van der Waals surface area contributed by atoms with Gasteiger partial charge in [-0.15, -0.1) is 0 Å². The van der Waals surface area contributed by atoms with Crippen molar-refractivity contribution in [1.29, 1.82) is 0 Å². The number of furan rings is 1. The van der Waals surface area contributed by atoms with Crippen LogP contribution in [0.2, 0.25) is 0 Å². The summed E-state index contributed by atoms with van der Waals surface area (Å²) in [5, 5.41) is 6.58. The molecule has 0 bridgehead atoms. The molecule has 1 aliphatic rings. The molecular formula is C26H20BrFN4O2S. The summed E-state index contributed by atoms with van der Waals surface area (Å²) in [4.78, 5) is 19.2. The third-order valence-electron chi connectivity index (χ3n) is 5.68. The van der Waals surface area contributed by atoms with Crippen molar-refractivity contribution in [3.05, 3.63) is 107 Å². The van der Waals surface area contributed by atoms with Gasteiger partial charge in [0, 0.05) is 16.4 Å². The molecule has 0 radical (unpaired) electrons. The van der Waals surface area contributed by atoms with Crippen molar-refractivity contribution < 1.29 is 13.6 Å². The summed E-state index contributed by atoms with van der Waals surface area (Å²) in [5.41, 5.74) is 1.79. The summed E-state index contributed by atoms with van der Waals surface area (Å²) < 4.78 is 21.4. The molecule has 0 unspecified atom stereocenters. The number of halogens is 2. The number of aromatic nitrogens is 1. The molecule has 2 N–H and O–H groups in total. The highest BCUT2D eigenvalue weighted by atomic mass is 79.9. The van der Waals surface area contributed by atoms with Gasteiger partial charge in [-0.3, -0.25) is 9.78 Å². The first-order valence-corrected chi connectivity index (χ1v) is 12.1. The molecule has 176 valence electrons. The second-order valence-electron chi connectivity index (χ2n) is 7.99. The monoisotopic (exact) mass is 550 g/mol. The minimum Gasteiger partial charge on any atom is -0.459 e. The second kappa shape index (κ2) is 9.97. The molecule has 2 aromatic heterocycles. The van der Waals surface area contributed by atoms with Gasteiger partial charge in [-0.25, -0.2) is 4.39 Å². The fourth-order valence-electron chi connectivity index (χ4n) is 4.11. The van der Waals surface area contributed by atoms with E-state index >= 15 is 0 Å². The minimum absolute atomic E-state index is 0.00257. The lowest BCUT2D eigenvalue weighted by Crippen LogP contribution is -2.36. The van der Waals surface area contributed by atoms with E-state index < -0.39 is 11.9 Å². The Labute approximate surface area is 215 Å². The van der Waals surface area contributed by atoms with Crippen LogP contribution in [0.5, 0.6) is 0 Å². The normalized spacial score (nSPS) is 17.3. The Kier molecular flexibility index (Phi) is 6.61. The summed E-state index contributed by atoms with van der Waals surface area (Å²) in [6.07, 6.45) is 1.70. The van der Waals surface area contributed by atoms with Crippen LogP contribution >= 0.6 is 28.1 Å². The second-order valence-corrected chi connectivity index (χ2v) is 9.30. The Balaban J connectivity index is 1.47. The minimum atomic E-state index is -0.466. The molecule has 0 aliphatic carbocycles. The lowest BCUT2D eigenvalue weighted by molar-refractivity contribution is -0.116. The molecule has 1 fully saturated rings. The van der Waals surface area contributed by atoms with Crippen LogP contribution in [0.3, 0.4) is 0 Å². The summed E-state index contributed by atoms with van der Waals surface area (Å²) in [5.74, 6) is 0.299. The first kappa shape index (κ1) is 23.2. The van der Waals surface area contributed by atoms with Gasteiger partial charge in [-0.05, 0) is 66.8 Å². The first-order valence-electron chi connectivity index (χ1n) is 10.9. The third-order valence-corrected chi connectivity index (χ3v) is 6.53. The fraction of sp³-hybridized carbons (Fsp3) is 0.115. The van der Waals surface area contributed by atoms with Crippen LogP contribution in [0.1, 0.15) is 23.5 Å². The Bertz CT molecular complexity index is 1370. The van der Waals surface area contributed by atoms with Gasteiger partial charge in [0.2, 0.25) is 5.91 Å². The highest BCUT2D eigenvalue weighted by Crippen LogP contribution is 2.40. The van der Waals surface area contributed by atoms with Gasteiger partial charge in [0.1, 0.15) is 29.9 Å². The van der Waals surface area contributed by atoms with E-state index in [4.69, 9.17) is 16.6 Å². The molecule has 2 atom stereocenters. The number of hydrogen-bond acceptors (Lipinski definition) is 4. The molecule has 1 saturated heterocycles. The largest absolute Gasteiger partial charge is 0.459 e. The van der Waals surface area contributed by atoms with Crippen LogP contribution in [-0.2, 0) is 4.79 Å². The maximum Gasteiger partial charge on any atom is 0.244 e. The number of carbonyl (C=O) groups is 1. The topological polar surface area (TPSA) is 70.4 Å². The molecule has 4 aromatic rings. The van der Waals surface area contributed by atoms with E-state index in [1.54, 1.807) is 35.4 Å². The highest BCUT2D eigenvalue weighted by molar-refractivity contribution is 9.10. The van der Waals surface area contributed by atoms with Crippen molar-refractivity contribution in [3.63, 3.8) is 0 Å². The summed E-state index contributed by atoms with van der Waals surface area (Å²) in [6.45, 7) is -0.00257. The molecular weight excluding hydrogens is 531 g/mol. The number of carbonyl (C=O) groups excluding carboxylic acids is 1. The molecule has 9 heteroatoms. The Morgan fingerprint density at radius 2 is 1.91 bits per heavy atom. The van der Waals surface area contributed by atoms with E-state index in [0.29, 0.717) is 32.4 Å². The smallest absolute Gasteiger partial charge is 0.244 e. The SMILES string of the molecule is O=C(CN1C(=S)N[C@H](c2ccccn2)[C@@H]1c1ccc(-c2ccc(Br)cc2F)o1)Nc1ccccc1. The first-order chi connectivity index (χ1) is 17.0. The van der Waals surface area contributed by atoms with Crippen molar-refractivity contribution in [2.24, 2.45) is 0 Å². The number of para-hydroxylation sites is 1. The quantitative estimate of drug-likeness (QED) is 0.293. The van der Waals surface area contributed by atoms with Crippen LogP contribution in [0.25, 0.3) is 11.3 Å². The lowest BCUT2D eigenvalue weighted by atomic mass is 10.0. The van der Waals surface area contributed by atoms with E-state index in [9.17, 15) is 9.18 Å². The number of amides is 1. The highest BCUT2D eigenvalue weighted by Gasteiger charge is 2.42. The number of rotatable bonds is 6. The predicted octanol–water partition coefficient (Wildman–Crippen LogP) is 5.85. The fourth-order valence-corrected chi connectivity index (χ4v) is 4.75. The number of nitrogens with one attached hydrogen (secondary N) is 2. The summed E-state index contributed by atoms with van der Waals surface area (Å²) in [7, 11) is 0. The summed E-state index contributed by atoms with van der Waals surface area (Å²) >= 11 is 8.89. The summed E-state index contributed by atoms with van der Waals surface area (Å²) in [6, 6.07) is 22.3.